The van der Waals surface area contributed by atoms with E-state index in [-0.39, 0.29) is 4.90 Å². The predicted molar refractivity (Wildman–Crippen MR) is 150 cm³/mol. The van der Waals surface area contributed by atoms with Crippen LogP contribution in [0.5, 0.6) is 0 Å². The molecular formula is C31H31F3O3S2. The molecule has 0 N–H and O–H groups in total. The van der Waals surface area contributed by atoms with Crippen molar-refractivity contribution in [2.24, 2.45) is 0 Å². The molecule has 0 saturated heterocycles. The summed E-state index contributed by atoms with van der Waals surface area (Å²) in [6.07, 6.45) is -2.47. The molecule has 0 aliphatic rings. The molecule has 0 aliphatic heterocycles. The lowest BCUT2D eigenvalue weighted by molar-refractivity contribution is -0.137. The molecule has 4 aromatic rings. The molecule has 0 aromatic heterocycles. The van der Waals surface area contributed by atoms with Gasteiger partial charge in [-0.3, -0.25) is 0 Å². The minimum Gasteiger partial charge on any atom is -0.203 e. The third kappa shape index (κ3) is 5.78. The van der Waals surface area contributed by atoms with Gasteiger partial charge in [0.1, 0.15) is 0 Å². The Morgan fingerprint density at radius 3 is 1.49 bits per heavy atom. The maximum absolute atomic E-state index is 14.0. The summed E-state index contributed by atoms with van der Waals surface area (Å²) in [6, 6.07) is 26.2. The van der Waals surface area contributed by atoms with E-state index in [0.29, 0.717) is 22.6 Å². The molecular weight excluding hydrogens is 541 g/mol. The SMILES string of the molecule is CCc1cc(CC)c(S(OS(=O)(=O)c2ccc(C(F)(F)F)cc2)(c2ccccc2)c2ccccc2)c(CC)c1. The molecule has 0 unspecified atom stereocenters. The summed E-state index contributed by atoms with van der Waals surface area (Å²) in [5.41, 5.74) is 2.18. The molecule has 206 valence electrons. The second kappa shape index (κ2) is 11.6. The van der Waals surface area contributed by atoms with Gasteiger partial charge in [-0.1, -0.05) is 69.3 Å². The predicted octanol–water partition coefficient (Wildman–Crippen LogP) is 8.99. The molecule has 0 saturated carbocycles. The second-order valence-electron chi connectivity index (χ2n) is 9.03. The quantitative estimate of drug-likeness (QED) is 0.201. The van der Waals surface area contributed by atoms with Crippen LogP contribution in [-0.2, 0) is 39.2 Å². The third-order valence-corrected chi connectivity index (χ3v) is 11.9. The first-order valence-electron chi connectivity index (χ1n) is 12.8. The van der Waals surface area contributed by atoms with Crippen molar-refractivity contribution in [2.75, 3.05) is 0 Å². The fourth-order valence-electron chi connectivity index (χ4n) is 4.62. The summed E-state index contributed by atoms with van der Waals surface area (Å²) >= 11 is 0. The first-order chi connectivity index (χ1) is 18.6. The minimum absolute atomic E-state index is 0.333. The Hall–Kier alpha value is -3.07. The first kappa shape index (κ1) is 28.9. The van der Waals surface area contributed by atoms with Gasteiger partial charge in [0.15, 0.2) is 0 Å². The van der Waals surface area contributed by atoms with Crippen LogP contribution in [0.25, 0.3) is 0 Å². The Kier molecular flexibility index (Phi) is 8.59. The smallest absolute Gasteiger partial charge is 0.203 e. The van der Waals surface area contributed by atoms with Crippen LogP contribution in [0, 0.1) is 0 Å². The Morgan fingerprint density at radius 1 is 0.641 bits per heavy atom. The van der Waals surface area contributed by atoms with E-state index in [9.17, 15) is 21.6 Å². The van der Waals surface area contributed by atoms with Crippen molar-refractivity contribution < 1.29 is 25.2 Å². The summed E-state index contributed by atoms with van der Waals surface area (Å²) in [5.74, 6) is 0. The third-order valence-electron chi connectivity index (χ3n) is 6.57. The van der Waals surface area contributed by atoms with Crippen molar-refractivity contribution >= 4 is 20.4 Å². The monoisotopic (exact) mass is 572 g/mol. The van der Waals surface area contributed by atoms with Gasteiger partial charge < -0.3 is 0 Å². The summed E-state index contributed by atoms with van der Waals surface area (Å²) in [4.78, 5) is 1.85. The van der Waals surface area contributed by atoms with Crippen molar-refractivity contribution in [2.45, 2.75) is 65.8 Å². The maximum atomic E-state index is 14.0. The van der Waals surface area contributed by atoms with Gasteiger partial charge in [-0.05, 0) is 94.8 Å². The van der Waals surface area contributed by atoms with E-state index >= 15 is 0 Å². The lowest BCUT2D eigenvalue weighted by Crippen LogP contribution is -2.17. The molecule has 4 aromatic carbocycles. The van der Waals surface area contributed by atoms with E-state index in [2.05, 4.69) is 19.1 Å². The van der Waals surface area contributed by atoms with Crippen molar-refractivity contribution in [3.63, 3.8) is 0 Å². The van der Waals surface area contributed by atoms with Crippen LogP contribution >= 0.6 is 10.3 Å². The van der Waals surface area contributed by atoms with Gasteiger partial charge in [-0.2, -0.15) is 21.6 Å². The highest BCUT2D eigenvalue weighted by atomic mass is 32.3. The second-order valence-corrected chi connectivity index (χ2v) is 13.4. The summed E-state index contributed by atoms with van der Waals surface area (Å²) in [5, 5.41) is 0. The van der Waals surface area contributed by atoms with Crippen LogP contribution in [0.3, 0.4) is 0 Å². The van der Waals surface area contributed by atoms with Gasteiger partial charge in [0, 0.05) is 14.7 Å². The number of hydrogen-bond acceptors (Lipinski definition) is 3. The van der Waals surface area contributed by atoms with E-state index in [0.717, 1.165) is 52.3 Å². The zero-order valence-electron chi connectivity index (χ0n) is 22.0. The normalized spacial score (nSPS) is 12.9. The van der Waals surface area contributed by atoms with E-state index in [4.69, 9.17) is 3.63 Å². The number of benzene rings is 4. The zero-order valence-corrected chi connectivity index (χ0v) is 23.7. The van der Waals surface area contributed by atoms with Crippen LogP contribution in [0.1, 0.15) is 43.0 Å². The number of rotatable bonds is 9. The van der Waals surface area contributed by atoms with E-state index < -0.39 is 32.2 Å². The molecule has 39 heavy (non-hydrogen) atoms. The lowest BCUT2D eigenvalue weighted by atomic mass is 10.0. The highest BCUT2D eigenvalue weighted by molar-refractivity contribution is 8.33. The van der Waals surface area contributed by atoms with Crippen molar-refractivity contribution in [3.8, 4) is 0 Å². The fourth-order valence-corrected chi connectivity index (χ4v) is 10.3. The molecule has 8 heteroatoms. The Bertz CT molecular complexity index is 1450. The van der Waals surface area contributed by atoms with Crippen molar-refractivity contribution in [3.05, 3.63) is 119 Å². The van der Waals surface area contributed by atoms with Gasteiger partial charge in [0.05, 0.1) is 10.5 Å². The molecule has 0 spiro atoms. The molecule has 4 rings (SSSR count). The summed E-state index contributed by atoms with van der Waals surface area (Å²) < 4.78 is 74.0. The molecule has 0 aliphatic carbocycles. The minimum atomic E-state index is -4.58. The number of aryl methyl sites for hydroxylation is 3. The molecule has 0 bridgehead atoms. The number of hydrogen-bond donors (Lipinski definition) is 0. The molecule has 0 amide bonds. The molecule has 0 atom stereocenters. The Balaban J connectivity index is 2.07. The van der Waals surface area contributed by atoms with Crippen LogP contribution in [0.4, 0.5) is 13.2 Å². The topological polar surface area (TPSA) is 43.4 Å². The van der Waals surface area contributed by atoms with E-state index in [1.54, 1.807) is 0 Å². The van der Waals surface area contributed by atoms with Gasteiger partial charge in [-0.15, -0.1) is 0 Å². The average molecular weight is 573 g/mol. The van der Waals surface area contributed by atoms with Gasteiger partial charge in [0.2, 0.25) is 0 Å². The highest BCUT2D eigenvalue weighted by Gasteiger charge is 2.41. The summed E-state index contributed by atoms with van der Waals surface area (Å²) in [7, 11) is -7.42. The molecule has 3 nitrogen and oxygen atoms in total. The van der Waals surface area contributed by atoms with Gasteiger partial charge >= 0.3 is 16.3 Å². The number of alkyl halides is 3. The van der Waals surface area contributed by atoms with E-state index in [1.807, 2.05) is 74.5 Å². The van der Waals surface area contributed by atoms with E-state index in [1.165, 1.54) is 0 Å². The van der Waals surface area contributed by atoms with Crippen LogP contribution in [0.2, 0.25) is 0 Å². The largest absolute Gasteiger partial charge is 0.416 e. The Labute approximate surface area is 230 Å². The number of halogens is 3. The molecule has 0 radical (unpaired) electrons. The van der Waals surface area contributed by atoms with Crippen molar-refractivity contribution in [1.82, 2.24) is 0 Å². The maximum Gasteiger partial charge on any atom is 0.416 e. The zero-order chi connectivity index (χ0) is 28.3. The molecule has 0 fully saturated rings. The van der Waals surface area contributed by atoms with Crippen LogP contribution in [0.15, 0.2) is 117 Å². The first-order valence-corrected chi connectivity index (χ1v) is 15.7. The average Bonchev–Trinajstić information content (AvgIpc) is 2.95. The van der Waals surface area contributed by atoms with Gasteiger partial charge in [0.25, 0.3) is 0 Å². The molecule has 0 heterocycles. The lowest BCUT2D eigenvalue weighted by Gasteiger charge is -2.42. The summed E-state index contributed by atoms with van der Waals surface area (Å²) in [6.45, 7) is 6.14. The van der Waals surface area contributed by atoms with Crippen LogP contribution in [-0.4, -0.2) is 8.42 Å². The fraction of sp³-hybridized carbons (Fsp3) is 0.226. The standard InChI is InChI=1S/C31H31F3O3S2/c1-4-23-21-24(5-2)30(25(6-3)22-23)38(27-13-9-7-10-14-27,28-15-11-8-12-16-28)37-39(35,36)29-19-17-26(18-20-29)31(32,33)34/h7-22H,4-6H2,1-3H3. The van der Waals surface area contributed by atoms with Crippen molar-refractivity contribution in [1.29, 1.82) is 0 Å². The highest BCUT2D eigenvalue weighted by Crippen LogP contribution is 2.72. The Morgan fingerprint density at radius 2 is 1.10 bits per heavy atom. The van der Waals surface area contributed by atoms with Crippen LogP contribution < -0.4 is 0 Å². The van der Waals surface area contributed by atoms with Gasteiger partial charge in [-0.25, -0.2) is 3.63 Å².